The van der Waals surface area contributed by atoms with Gasteiger partial charge in [-0.3, -0.25) is 4.79 Å². The second-order valence-corrected chi connectivity index (χ2v) is 14.5. The van der Waals surface area contributed by atoms with E-state index in [1.165, 1.54) is 25.7 Å². The van der Waals surface area contributed by atoms with Crippen molar-refractivity contribution < 1.29 is 14.6 Å². The van der Waals surface area contributed by atoms with Crippen LogP contribution in [0.2, 0.25) is 0 Å². The summed E-state index contributed by atoms with van der Waals surface area (Å²) in [5, 5.41) is 10.9. The van der Waals surface area contributed by atoms with Crippen molar-refractivity contribution in [3.8, 4) is 0 Å². The number of hydrogen-bond acceptors (Lipinski definition) is 3. The lowest BCUT2D eigenvalue weighted by Gasteiger charge is -2.63. The SMILES string of the molecule is CC(C[C@@H](O)[C@@H]1OC1(C)C)[C@@H]1CC[C@]2(C)C3=CC[C@H]4C(C)(C)C(=O)CC[C@]4(C)C3CC[C@@]12C. The van der Waals surface area contributed by atoms with Gasteiger partial charge in [-0.1, -0.05) is 53.2 Å². The van der Waals surface area contributed by atoms with E-state index >= 15 is 0 Å². The summed E-state index contributed by atoms with van der Waals surface area (Å²) in [4.78, 5) is 12.8. The number of epoxide rings is 1. The lowest BCUT2D eigenvalue weighted by Crippen LogP contribution is -2.57. The molecule has 5 aliphatic rings. The molecular weight excluding hydrogens is 408 g/mol. The van der Waals surface area contributed by atoms with Gasteiger partial charge in [0.15, 0.2) is 0 Å². The number of allylic oxidation sites excluding steroid dienone is 2. The lowest BCUT2D eigenvalue weighted by molar-refractivity contribution is -0.146. The van der Waals surface area contributed by atoms with Gasteiger partial charge in [-0.15, -0.1) is 0 Å². The maximum atomic E-state index is 12.8. The molecule has 4 aliphatic carbocycles. The number of aliphatic hydroxyl groups is 1. The van der Waals surface area contributed by atoms with Crippen LogP contribution in [0.5, 0.6) is 0 Å². The molecule has 0 aromatic heterocycles. The highest BCUT2D eigenvalue weighted by Gasteiger charge is 2.65. The van der Waals surface area contributed by atoms with E-state index in [-0.39, 0.29) is 39.5 Å². The van der Waals surface area contributed by atoms with Crippen LogP contribution in [0.4, 0.5) is 0 Å². The number of aliphatic hydroxyl groups excluding tert-OH is 1. The average Bonchev–Trinajstić information content (AvgIpc) is 3.26. The van der Waals surface area contributed by atoms with Crippen LogP contribution in [-0.2, 0) is 9.53 Å². The molecule has 4 fully saturated rings. The highest BCUT2D eigenvalue weighted by atomic mass is 16.6. The number of ether oxygens (including phenoxy) is 1. The van der Waals surface area contributed by atoms with Crippen LogP contribution < -0.4 is 0 Å². The summed E-state index contributed by atoms with van der Waals surface area (Å²) in [6.07, 6.45) is 11.1. The third kappa shape index (κ3) is 3.16. The van der Waals surface area contributed by atoms with Gasteiger partial charge in [-0.25, -0.2) is 0 Å². The highest BCUT2D eigenvalue weighted by Crippen LogP contribution is 2.73. The minimum Gasteiger partial charge on any atom is -0.390 e. The van der Waals surface area contributed by atoms with Crippen LogP contribution in [0.1, 0.15) is 107 Å². The summed E-state index contributed by atoms with van der Waals surface area (Å²) < 4.78 is 5.75. The minimum absolute atomic E-state index is 0.00609. The summed E-state index contributed by atoms with van der Waals surface area (Å²) >= 11 is 0. The molecule has 186 valence electrons. The first-order valence-electron chi connectivity index (χ1n) is 13.8. The predicted octanol–water partition coefficient (Wildman–Crippen LogP) is 6.73. The van der Waals surface area contributed by atoms with Crippen LogP contribution in [0.15, 0.2) is 11.6 Å². The zero-order valence-electron chi connectivity index (χ0n) is 22.5. The second kappa shape index (κ2) is 7.19. The Balaban J connectivity index is 1.41. The monoisotopic (exact) mass is 456 g/mol. The molecule has 2 unspecified atom stereocenters. The minimum atomic E-state index is -0.350. The molecule has 0 radical (unpaired) electrons. The van der Waals surface area contributed by atoms with E-state index in [2.05, 4.69) is 61.5 Å². The van der Waals surface area contributed by atoms with Crippen molar-refractivity contribution in [2.24, 2.45) is 45.3 Å². The van der Waals surface area contributed by atoms with Crippen molar-refractivity contribution in [3.63, 3.8) is 0 Å². The number of carbonyl (C=O) groups is 1. The molecule has 0 aromatic carbocycles. The number of carbonyl (C=O) groups excluding carboxylic acids is 1. The molecule has 1 heterocycles. The number of fused-ring (bicyclic) bond motifs is 5. The molecular formula is C30H48O3. The van der Waals surface area contributed by atoms with E-state index in [0.29, 0.717) is 29.5 Å². The summed E-state index contributed by atoms with van der Waals surface area (Å²) in [5.74, 6) is 2.73. The summed E-state index contributed by atoms with van der Waals surface area (Å²) in [6.45, 7) is 18.7. The van der Waals surface area contributed by atoms with Gasteiger partial charge in [0.2, 0.25) is 0 Å². The average molecular weight is 457 g/mol. The Morgan fingerprint density at radius 2 is 1.73 bits per heavy atom. The van der Waals surface area contributed by atoms with Gasteiger partial charge >= 0.3 is 0 Å². The molecule has 33 heavy (non-hydrogen) atoms. The molecule has 5 rings (SSSR count). The van der Waals surface area contributed by atoms with E-state index in [0.717, 1.165) is 25.7 Å². The fourth-order valence-electron chi connectivity index (χ4n) is 9.97. The Bertz CT molecular complexity index is 870. The summed E-state index contributed by atoms with van der Waals surface area (Å²) in [6, 6.07) is 0. The number of ketones is 1. The fourth-order valence-corrected chi connectivity index (χ4v) is 9.97. The second-order valence-electron chi connectivity index (χ2n) is 14.5. The third-order valence-corrected chi connectivity index (χ3v) is 12.4. The zero-order valence-corrected chi connectivity index (χ0v) is 22.5. The largest absolute Gasteiger partial charge is 0.390 e. The molecule has 3 nitrogen and oxygen atoms in total. The molecule has 0 amide bonds. The quantitative estimate of drug-likeness (QED) is 0.377. The van der Waals surface area contributed by atoms with Crippen LogP contribution in [0.25, 0.3) is 0 Å². The zero-order chi connectivity index (χ0) is 24.2. The predicted molar refractivity (Wildman–Crippen MR) is 133 cm³/mol. The van der Waals surface area contributed by atoms with Gasteiger partial charge in [0.05, 0.1) is 11.7 Å². The molecule has 3 heteroatoms. The molecule has 1 N–H and O–H groups in total. The Morgan fingerprint density at radius 1 is 1.06 bits per heavy atom. The molecule has 0 aromatic rings. The standard InChI is InChI=1S/C30H48O3/c1-18(17-22(31)25-27(4,5)33-25)19-11-15-30(8)21-9-10-23-26(2,3)24(32)13-14-28(23,6)20(21)12-16-29(19,30)7/h9,18-20,22-23,25,31H,10-17H2,1-8H3/t18?,19-,20?,22+,23-,25-,28+,29-,30+/m0/s1. The van der Waals surface area contributed by atoms with Crippen LogP contribution in [0.3, 0.4) is 0 Å². The molecule has 0 bridgehead atoms. The molecule has 3 saturated carbocycles. The lowest BCUT2D eigenvalue weighted by atomic mass is 9.41. The van der Waals surface area contributed by atoms with Gasteiger partial charge < -0.3 is 9.84 Å². The Hall–Kier alpha value is -0.670. The van der Waals surface area contributed by atoms with Gasteiger partial charge in [0.1, 0.15) is 11.9 Å². The number of hydrogen-bond donors (Lipinski definition) is 1. The van der Waals surface area contributed by atoms with Gasteiger partial charge in [-0.05, 0) is 98.7 Å². The first-order valence-corrected chi connectivity index (χ1v) is 13.8. The molecule has 1 aliphatic heterocycles. The fraction of sp³-hybridized carbons (Fsp3) is 0.900. The smallest absolute Gasteiger partial charge is 0.138 e. The Kier molecular flexibility index (Phi) is 5.24. The van der Waals surface area contributed by atoms with Crippen LogP contribution in [0, 0.1) is 45.3 Å². The molecule has 1 saturated heterocycles. The first-order chi connectivity index (χ1) is 15.2. The van der Waals surface area contributed by atoms with E-state index < -0.39 is 0 Å². The van der Waals surface area contributed by atoms with Crippen LogP contribution >= 0.6 is 0 Å². The number of Topliss-reactive ketones (excluding diaryl/α,β-unsaturated/α-hetero) is 1. The summed E-state index contributed by atoms with van der Waals surface area (Å²) in [5.41, 5.74) is 2.17. The highest BCUT2D eigenvalue weighted by molar-refractivity contribution is 5.85. The van der Waals surface area contributed by atoms with Crippen molar-refractivity contribution in [2.75, 3.05) is 0 Å². The van der Waals surface area contributed by atoms with E-state index in [1.807, 2.05) is 0 Å². The number of rotatable bonds is 4. The van der Waals surface area contributed by atoms with Crippen LogP contribution in [-0.4, -0.2) is 28.7 Å². The van der Waals surface area contributed by atoms with E-state index in [9.17, 15) is 9.90 Å². The maximum Gasteiger partial charge on any atom is 0.138 e. The van der Waals surface area contributed by atoms with E-state index in [4.69, 9.17) is 4.74 Å². The topological polar surface area (TPSA) is 49.8 Å². The van der Waals surface area contributed by atoms with Gasteiger partial charge in [-0.2, -0.15) is 0 Å². The maximum absolute atomic E-state index is 12.8. The molecule has 0 spiro atoms. The normalized spacial score (nSPS) is 49.4. The molecule has 9 atom stereocenters. The van der Waals surface area contributed by atoms with Crippen molar-refractivity contribution in [3.05, 3.63) is 11.6 Å². The van der Waals surface area contributed by atoms with E-state index in [1.54, 1.807) is 5.57 Å². The van der Waals surface area contributed by atoms with Gasteiger partial charge in [0, 0.05) is 11.8 Å². The third-order valence-electron chi connectivity index (χ3n) is 12.4. The summed E-state index contributed by atoms with van der Waals surface area (Å²) in [7, 11) is 0. The van der Waals surface area contributed by atoms with Gasteiger partial charge in [0.25, 0.3) is 0 Å². The Labute approximate surface area is 202 Å². The van der Waals surface area contributed by atoms with Crippen molar-refractivity contribution in [2.45, 2.75) is 125 Å². The van der Waals surface area contributed by atoms with Crippen molar-refractivity contribution in [1.82, 2.24) is 0 Å². The first kappa shape index (κ1) is 24.0. The van der Waals surface area contributed by atoms with Crippen molar-refractivity contribution >= 4 is 5.78 Å². The Morgan fingerprint density at radius 3 is 2.36 bits per heavy atom. The van der Waals surface area contributed by atoms with Crippen molar-refractivity contribution in [1.29, 1.82) is 0 Å².